The van der Waals surface area contributed by atoms with Crippen molar-refractivity contribution in [3.8, 4) is 0 Å². The minimum atomic E-state index is -3.04. The van der Waals surface area contributed by atoms with Gasteiger partial charge in [-0.3, -0.25) is 19.2 Å². The summed E-state index contributed by atoms with van der Waals surface area (Å²) in [6, 6.07) is 11.7. The lowest BCUT2D eigenvalue weighted by atomic mass is 9.99. The molecule has 45 heavy (non-hydrogen) atoms. The zero-order valence-corrected chi connectivity index (χ0v) is 25.8. The molecule has 1 aromatic heterocycles. The van der Waals surface area contributed by atoms with Crippen LogP contribution in [0.15, 0.2) is 48.5 Å². The van der Waals surface area contributed by atoms with E-state index in [0.29, 0.717) is 49.8 Å². The molecule has 3 aliphatic rings. The third kappa shape index (κ3) is 6.04. The molecule has 4 heterocycles. The number of benzene rings is 2. The average molecular weight is 620 g/mol. The van der Waals surface area contributed by atoms with E-state index < -0.39 is 29.8 Å². The maximum atomic E-state index is 14.3. The van der Waals surface area contributed by atoms with Gasteiger partial charge < -0.3 is 25.0 Å². The summed E-state index contributed by atoms with van der Waals surface area (Å²) >= 11 is 0. The zero-order valence-electron chi connectivity index (χ0n) is 25.8. The molecule has 3 atom stereocenters. The smallest absolute Gasteiger partial charge is 0.270 e. The summed E-state index contributed by atoms with van der Waals surface area (Å²) < 4.78 is 27.8. The molecule has 0 saturated carbocycles. The predicted octanol–water partition coefficient (Wildman–Crippen LogP) is 4.21. The van der Waals surface area contributed by atoms with E-state index in [-0.39, 0.29) is 41.6 Å². The van der Waals surface area contributed by atoms with E-state index in [0.717, 1.165) is 18.9 Å². The Labute approximate surface area is 260 Å². The van der Waals surface area contributed by atoms with Crippen LogP contribution in [0, 0.1) is 5.92 Å². The van der Waals surface area contributed by atoms with Crippen molar-refractivity contribution in [3.63, 3.8) is 0 Å². The minimum absolute atomic E-state index is 0.0325. The number of fused-ring (bicyclic) bond motifs is 3. The summed E-state index contributed by atoms with van der Waals surface area (Å²) in [4.78, 5) is 63.0. The van der Waals surface area contributed by atoms with Crippen molar-refractivity contribution < 1.29 is 28.0 Å². The summed E-state index contributed by atoms with van der Waals surface area (Å²) in [6.45, 7) is 5.83. The molecule has 4 amide bonds. The Morgan fingerprint density at radius 1 is 0.978 bits per heavy atom. The van der Waals surface area contributed by atoms with E-state index in [1.807, 2.05) is 23.1 Å². The van der Waals surface area contributed by atoms with E-state index in [1.165, 1.54) is 29.8 Å². The van der Waals surface area contributed by atoms with Gasteiger partial charge >= 0.3 is 0 Å². The first-order valence-electron chi connectivity index (χ1n) is 15.7. The third-order valence-electron chi connectivity index (χ3n) is 9.40. The normalized spacial score (nSPS) is 22.2. The summed E-state index contributed by atoms with van der Waals surface area (Å²) in [5.41, 5.74) is 2.76. The highest BCUT2D eigenvalue weighted by atomic mass is 19.3. The highest BCUT2D eigenvalue weighted by Gasteiger charge is 2.47. The number of nitrogens with one attached hydrogen (secondary N) is 2. The number of H-pyrrole nitrogens is 1. The molecule has 2 saturated heterocycles. The molecule has 2 fully saturated rings. The van der Waals surface area contributed by atoms with Crippen LogP contribution in [-0.4, -0.2) is 81.1 Å². The van der Waals surface area contributed by atoms with Gasteiger partial charge in [-0.1, -0.05) is 44.2 Å². The number of hydrogen-bond acceptors (Lipinski definition) is 4. The van der Waals surface area contributed by atoms with Gasteiger partial charge in [-0.25, -0.2) is 8.78 Å². The van der Waals surface area contributed by atoms with Crippen molar-refractivity contribution >= 4 is 34.5 Å². The molecule has 0 unspecified atom stereocenters. The number of aromatic nitrogens is 1. The number of alkyl halides is 2. The van der Waals surface area contributed by atoms with Crippen LogP contribution in [0.25, 0.3) is 10.9 Å². The van der Waals surface area contributed by atoms with Crippen LogP contribution in [0.2, 0.25) is 0 Å². The van der Waals surface area contributed by atoms with Crippen LogP contribution in [0.4, 0.5) is 8.78 Å². The maximum Gasteiger partial charge on any atom is 0.270 e. The van der Waals surface area contributed by atoms with Gasteiger partial charge in [0.2, 0.25) is 17.7 Å². The predicted molar refractivity (Wildman–Crippen MR) is 164 cm³/mol. The van der Waals surface area contributed by atoms with Crippen molar-refractivity contribution in [1.29, 1.82) is 0 Å². The number of carbonyl (C=O) groups is 4. The monoisotopic (exact) mass is 619 g/mol. The first-order chi connectivity index (χ1) is 21.4. The Bertz CT molecular complexity index is 1650. The molecule has 11 heteroatoms. The first-order valence-corrected chi connectivity index (χ1v) is 15.7. The fourth-order valence-corrected chi connectivity index (χ4v) is 6.95. The van der Waals surface area contributed by atoms with Crippen LogP contribution >= 0.6 is 0 Å². The molecule has 9 nitrogen and oxygen atoms in total. The topological polar surface area (TPSA) is 106 Å². The van der Waals surface area contributed by atoms with Crippen molar-refractivity contribution in [3.05, 3.63) is 70.9 Å². The second-order valence-electron chi connectivity index (χ2n) is 12.9. The van der Waals surface area contributed by atoms with Gasteiger partial charge in [0.15, 0.2) is 0 Å². The van der Waals surface area contributed by atoms with E-state index >= 15 is 0 Å². The Morgan fingerprint density at radius 2 is 1.73 bits per heavy atom. The van der Waals surface area contributed by atoms with Crippen molar-refractivity contribution in [2.75, 3.05) is 19.6 Å². The quantitative estimate of drug-likeness (QED) is 0.447. The highest BCUT2D eigenvalue weighted by Crippen LogP contribution is 2.33. The Morgan fingerprint density at radius 3 is 2.47 bits per heavy atom. The van der Waals surface area contributed by atoms with Gasteiger partial charge in [-0.05, 0) is 55.0 Å². The van der Waals surface area contributed by atoms with Crippen molar-refractivity contribution in [1.82, 2.24) is 25.0 Å². The molecule has 3 aromatic rings. The second-order valence-corrected chi connectivity index (χ2v) is 12.9. The van der Waals surface area contributed by atoms with E-state index in [9.17, 15) is 28.0 Å². The van der Waals surface area contributed by atoms with Gasteiger partial charge in [0.25, 0.3) is 11.8 Å². The molecule has 2 N–H and O–H groups in total. The lowest BCUT2D eigenvalue weighted by Crippen LogP contribution is -2.61. The van der Waals surface area contributed by atoms with Gasteiger partial charge in [0, 0.05) is 61.5 Å². The molecule has 238 valence electrons. The number of carbonyl (C=O) groups excluding carboxylic acids is 4. The number of hydrogen-bond donors (Lipinski definition) is 2. The minimum Gasteiger partial charge on any atom is -0.351 e. The Balaban J connectivity index is 1.26. The number of rotatable bonds is 5. The van der Waals surface area contributed by atoms with Crippen molar-refractivity contribution in [2.45, 2.75) is 77.0 Å². The Kier molecular flexibility index (Phi) is 8.13. The van der Waals surface area contributed by atoms with Gasteiger partial charge in [-0.2, -0.15) is 0 Å². The molecule has 3 aliphatic heterocycles. The third-order valence-corrected chi connectivity index (χ3v) is 9.40. The largest absolute Gasteiger partial charge is 0.351 e. The van der Waals surface area contributed by atoms with Crippen LogP contribution < -0.4 is 5.32 Å². The van der Waals surface area contributed by atoms with Gasteiger partial charge in [0.05, 0.1) is 0 Å². The maximum absolute atomic E-state index is 14.3. The first kappa shape index (κ1) is 30.7. The molecule has 2 aromatic carbocycles. The van der Waals surface area contributed by atoms with E-state index in [1.54, 1.807) is 23.6 Å². The van der Waals surface area contributed by atoms with Crippen LogP contribution in [0.1, 0.15) is 67.2 Å². The lowest BCUT2D eigenvalue weighted by molar-refractivity contribution is -0.149. The second kappa shape index (κ2) is 11.9. The molecule has 0 bridgehead atoms. The molecule has 0 spiro atoms. The number of amides is 4. The number of aromatic amines is 1. The molecular weight excluding hydrogens is 580 g/mol. The molecule has 0 radical (unpaired) electrons. The summed E-state index contributed by atoms with van der Waals surface area (Å²) in [7, 11) is 0. The van der Waals surface area contributed by atoms with Crippen LogP contribution in [-0.2, 0) is 33.3 Å². The van der Waals surface area contributed by atoms with E-state index in [2.05, 4.69) is 16.4 Å². The van der Waals surface area contributed by atoms with Gasteiger partial charge in [-0.15, -0.1) is 0 Å². The summed E-state index contributed by atoms with van der Waals surface area (Å²) in [5.74, 6) is -4.55. The fourth-order valence-electron chi connectivity index (χ4n) is 6.95. The van der Waals surface area contributed by atoms with Crippen LogP contribution in [0.3, 0.4) is 0 Å². The fraction of sp³-hybridized carbons (Fsp3) is 0.471. The Hall–Kier alpha value is -4.28. The molecule has 0 aliphatic carbocycles. The SMILES string of the molecule is CC(C)C(=O)N1CC[C@H]2CC[C@@H](C(=O)N3CCc4ccccc4C3)N2C(=O)[C@@H](NC(=O)c2cc3cc(C(C)(F)F)ccc3[nH]2)C1. The molecule has 6 rings (SSSR count). The lowest BCUT2D eigenvalue weighted by Gasteiger charge is -2.40. The standard InChI is InChI=1S/C34H39F2N5O4/c1-20(2)31(43)40-15-13-25-9-11-29(33(45)39-14-12-21-6-4-5-7-22(21)18-39)41(25)32(44)28(19-40)38-30(42)27-17-23-16-24(34(3,35)36)8-10-26(23)37-27/h4-8,10,16-17,20,25,28-29,37H,9,11-15,18-19H2,1-3H3,(H,38,42)/t25-,28+,29+/m1/s1. The zero-order chi connectivity index (χ0) is 32.0. The van der Waals surface area contributed by atoms with Gasteiger partial charge in [0.1, 0.15) is 17.8 Å². The van der Waals surface area contributed by atoms with Crippen LogP contribution in [0.5, 0.6) is 0 Å². The summed E-state index contributed by atoms with van der Waals surface area (Å²) in [5, 5.41) is 3.26. The van der Waals surface area contributed by atoms with Crippen molar-refractivity contribution in [2.24, 2.45) is 5.92 Å². The number of halogens is 2. The molecular formula is C34H39F2N5O4. The highest BCUT2D eigenvalue weighted by molar-refractivity contribution is 6.01. The average Bonchev–Trinajstić information content (AvgIpc) is 3.64. The number of nitrogens with zero attached hydrogens (tertiary/aromatic N) is 3. The summed E-state index contributed by atoms with van der Waals surface area (Å²) in [6.07, 6.45) is 2.44. The van der Waals surface area contributed by atoms with E-state index in [4.69, 9.17) is 0 Å².